The van der Waals surface area contributed by atoms with Gasteiger partial charge in [-0.3, -0.25) is 4.79 Å². The smallest absolute Gasteiger partial charge is 0.312 e. The molecule has 7 nitrogen and oxygen atoms in total. The molecule has 1 aromatic rings. The van der Waals surface area contributed by atoms with Gasteiger partial charge in [-0.25, -0.2) is 4.79 Å². The van der Waals surface area contributed by atoms with Crippen molar-refractivity contribution in [1.82, 2.24) is 10.6 Å². The zero-order valence-corrected chi connectivity index (χ0v) is 14.2. The highest BCUT2D eigenvalue weighted by Crippen LogP contribution is 2.16. The molecule has 1 aliphatic rings. The highest BCUT2D eigenvalue weighted by atomic mass is 16.5. The second kappa shape index (κ2) is 8.54. The third kappa shape index (κ3) is 5.13. The summed E-state index contributed by atoms with van der Waals surface area (Å²) in [5, 5.41) is 5.32. The molecule has 3 amide bonds. The number of urea groups is 1. The second-order valence-corrected chi connectivity index (χ2v) is 6.21. The lowest BCUT2D eigenvalue weighted by Gasteiger charge is -2.29. The third-order valence-corrected chi connectivity index (χ3v) is 4.03. The molecule has 1 unspecified atom stereocenters. The molecule has 0 saturated carbocycles. The molecule has 0 aromatic heterocycles. The Morgan fingerprint density at radius 3 is 2.38 bits per heavy atom. The van der Waals surface area contributed by atoms with Crippen LogP contribution in [0.15, 0.2) is 24.3 Å². The van der Waals surface area contributed by atoms with Crippen molar-refractivity contribution >= 4 is 17.6 Å². The van der Waals surface area contributed by atoms with Crippen LogP contribution in [0.1, 0.15) is 19.4 Å². The zero-order chi connectivity index (χ0) is 17.5. The summed E-state index contributed by atoms with van der Waals surface area (Å²) in [5.41, 5.74) is 7.28. The third-order valence-electron chi connectivity index (χ3n) is 4.03. The summed E-state index contributed by atoms with van der Waals surface area (Å²) < 4.78 is 5.35. The van der Waals surface area contributed by atoms with Crippen molar-refractivity contribution in [3.8, 4) is 0 Å². The van der Waals surface area contributed by atoms with Gasteiger partial charge in [0, 0.05) is 25.3 Å². The number of amides is 3. The van der Waals surface area contributed by atoms with E-state index in [0.29, 0.717) is 6.54 Å². The summed E-state index contributed by atoms with van der Waals surface area (Å²) in [6.45, 7) is 7.42. The van der Waals surface area contributed by atoms with Gasteiger partial charge in [0.15, 0.2) is 0 Å². The Kier molecular flexibility index (Phi) is 6.43. The van der Waals surface area contributed by atoms with E-state index in [9.17, 15) is 9.59 Å². The number of primary amides is 1. The summed E-state index contributed by atoms with van der Waals surface area (Å²) in [6, 6.07) is 6.77. The van der Waals surface area contributed by atoms with Crippen LogP contribution in [-0.4, -0.2) is 44.3 Å². The van der Waals surface area contributed by atoms with Gasteiger partial charge in [0.05, 0.1) is 13.2 Å². The van der Waals surface area contributed by atoms with Crippen molar-refractivity contribution in [2.45, 2.75) is 26.4 Å². The van der Waals surface area contributed by atoms with Crippen molar-refractivity contribution in [3.63, 3.8) is 0 Å². The van der Waals surface area contributed by atoms with E-state index in [1.54, 1.807) is 0 Å². The summed E-state index contributed by atoms with van der Waals surface area (Å²) in [4.78, 5) is 25.5. The predicted octanol–water partition coefficient (Wildman–Crippen LogP) is 0.832. The molecule has 2 rings (SSSR count). The van der Waals surface area contributed by atoms with Crippen LogP contribution < -0.4 is 21.3 Å². The molecule has 0 radical (unpaired) electrons. The maximum atomic E-state index is 12.2. The Labute approximate surface area is 142 Å². The molecule has 1 aliphatic heterocycles. The number of nitrogens with one attached hydrogen (secondary N) is 2. The Hall–Kier alpha value is -2.28. The van der Waals surface area contributed by atoms with Gasteiger partial charge in [-0.1, -0.05) is 26.0 Å². The number of carbonyl (C=O) groups excluding carboxylic acids is 2. The second-order valence-electron chi connectivity index (χ2n) is 6.21. The van der Waals surface area contributed by atoms with Crippen LogP contribution >= 0.6 is 0 Å². The number of nitrogens with zero attached hydrogens (tertiary/aromatic N) is 1. The highest BCUT2D eigenvalue weighted by Gasteiger charge is 2.22. The molecule has 1 saturated heterocycles. The summed E-state index contributed by atoms with van der Waals surface area (Å²) in [5.74, 6) is -0.276. The number of hydrogen-bond acceptors (Lipinski definition) is 4. The SMILES string of the molecule is CC(C)C(NC(N)=O)C(=O)NCc1ccc(N2CCOCC2)cc1. The number of hydrogen-bond donors (Lipinski definition) is 3. The minimum atomic E-state index is -0.696. The molecule has 24 heavy (non-hydrogen) atoms. The van der Waals surface area contributed by atoms with E-state index >= 15 is 0 Å². The van der Waals surface area contributed by atoms with E-state index in [2.05, 4.69) is 15.5 Å². The Balaban J connectivity index is 1.88. The minimum Gasteiger partial charge on any atom is -0.378 e. The molecular formula is C17H26N4O3. The van der Waals surface area contributed by atoms with Crippen LogP contribution in [0.3, 0.4) is 0 Å². The highest BCUT2D eigenvalue weighted by molar-refractivity contribution is 5.86. The van der Waals surface area contributed by atoms with Crippen molar-refractivity contribution in [3.05, 3.63) is 29.8 Å². The van der Waals surface area contributed by atoms with E-state index in [0.717, 1.165) is 37.6 Å². The molecule has 4 N–H and O–H groups in total. The van der Waals surface area contributed by atoms with Gasteiger partial charge in [0.1, 0.15) is 6.04 Å². The number of benzene rings is 1. The number of morpholine rings is 1. The number of nitrogens with two attached hydrogens (primary N) is 1. The van der Waals surface area contributed by atoms with Gasteiger partial charge in [-0.05, 0) is 23.6 Å². The predicted molar refractivity (Wildman–Crippen MR) is 92.7 cm³/mol. The van der Waals surface area contributed by atoms with Crippen LogP contribution in [0.4, 0.5) is 10.5 Å². The number of anilines is 1. The maximum Gasteiger partial charge on any atom is 0.312 e. The largest absolute Gasteiger partial charge is 0.378 e. The fourth-order valence-corrected chi connectivity index (χ4v) is 2.63. The first-order valence-electron chi connectivity index (χ1n) is 8.22. The van der Waals surface area contributed by atoms with Crippen molar-refractivity contribution in [1.29, 1.82) is 0 Å². The number of carbonyl (C=O) groups is 2. The van der Waals surface area contributed by atoms with Gasteiger partial charge in [0.25, 0.3) is 0 Å². The quantitative estimate of drug-likeness (QED) is 0.718. The van der Waals surface area contributed by atoms with Crippen molar-refractivity contribution in [2.75, 3.05) is 31.2 Å². The lowest BCUT2D eigenvalue weighted by atomic mass is 10.0. The molecule has 0 bridgehead atoms. The molecule has 132 valence electrons. The van der Waals surface area contributed by atoms with Gasteiger partial charge in [-0.15, -0.1) is 0 Å². The number of ether oxygens (including phenoxy) is 1. The molecule has 1 atom stereocenters. The number of rotatable bonds is 6. The van der Waals surface area contributed by atoms with Gasteiger partial charge in [0.2, 0.25) is 5.91 Å². The van der Waals surface area contributed by atoms with Gasteiger partial charge in [-0.2, -0.15) is 0 Å². The lowest BCUT2D eigenvalue weighted by Crippen LogP contribution is -2.51. The van der Waals surface area contributed by atoms with Gasteiger partial charge < -0.3 is 26.0 Å². The van der Waals surface area contributed by atoms with Gasteiger partial charge >= 0.3 is 6.03 Å². The first kappa shape index (κ1) is 18.1. The van der Waals surface area contributed by atoms with E-state index in [1.165, 1.54) is 0 Å². The Morgan fingerprint density at radius 2 is 1.83 bits per heavy atom. The van der Waals surface area contributed by atoms with E-state index in [1.807, 2.05) is 38.1 Å². The molecular weight excluding hydrogens is 308 g/mol. The van der Waals surface area contributed by atoms with Crippen molar-refractivity contribution < 1.29 is 14.3 Å². The fourth-order valence-electron chi connectivity index (χ4n) is 2.63. The van der Waals surface area contributed by atoms with Crippen LogP contribution in [-0.2, 0) is 16.1 Å². The Bertz CT molecular complexity index is 553. The van der Waals surface area contributed by atoms with Crippen LogP contribution in [0, 0.1) is 5.92 Å². The molecule has 1 aromatic carbocycles. The topological polar surface area (TPSA) is 96.7 Å². The molecule has 1 heterocycles. The van der Waals surface area contributed by atoms with Crippen LogP contribution in [0.2, 0.25) is 0 Å². The standard InChI is InChI=1S/C17H26N4O3/c1-12(2)15(20-17(18)23)16(22)19-11-13-3-5-14(6-4-13)21-7-9-24-10-8-21/h3-6,12,15H,7-11H2,1-2H3,(H,19,22)(H3,18,20,23). The summed E-state index contributed by atoms with van der Waals surface area (Å²) in [6.07, 6.45) is 0. The normalized spacial score (nSPS) is 15.9. The zero-order valence-electron chi connectivity index (χ0n) is 14.2. The maximum absolute atomic E-state index is 12.2. The van der Waals surface area contributed by atoms with E-state index < -0.39 is 12.1 Å². The molecule has 0 spiro atoms. The molecule has 7 heteroatoms. The minimum absolute atomic E-state index is 0.0406. The van der Waals surface area contributed by atoms with E-state index in [4.69, 9.17) is 10.5 Å². The Morgan fingerprint density at radius 1 is 1.21 bits per heavy atom. The summed E-state index contributed by atoms with van der Waals surface area (Å²) >= 11 is 0. The first-order valence-corrected chi connectivity index (χ1v) is 8.22. The average Bonchev–Trinajstić information content (AvgIpc) is 2.58. The monoisotopic (exact) mass is 334 g/mol. The average molecular weight is 334 g/mol. The fraction of sp³-hybridized carbons (Fsp3) is 0.529. The lowest BCUT2D eigenvalue weighted by molar-refractivity contribution is -0.124. The van der Waals surface area contributed by atoms with Crippen LogP contribution in [0.25, 0.3) is 0 Å². The van der Waals surface area contributed by atoms with Crippen molar-refractivity contribution in [2.24, 2.45) is 11.7 Å². The van der Waals surface area contributed by atoms with E-state index in [-0.39, 0.29) is 11.8 Å². The molecule has 1 fully saturated rings. The first-order chi connectivity index (χ1) is 11.5. The van der Waals surface area contributed by atoms with Crippen LogP contribution in [0.5, 0.6) is 0 Å². The molecule has 0 aliphatic carbocycles. The summed E-state index contributed by atoms with van der Waals surface area (Å²) in [7, 11) is 0.